The molecule has 7 heteroatoms. The van der Waals surface area contributed by atoms with E-state index in [-0.39, 0.29) is 22.6 Å². The molecule has 2 aromatic rings. The fourth-order valence-corrected chi connectivity index (χ4v) is 3.66. The van der Waals surface area contributed by atoms with Crippen LogP contribution in [0.3, 0.4) is 0 Å². The molecule has 0 saturated carbocycles. The van der Waals surface area contributed by atoms with Crippen molar-refractivity contribution in [3.63, 3.8) is 0 Å². The monoisotopic (exact) mass is 392 g/mol. The van der Waals surface area contributed by atoms with Crippen LogP contribution in [-0.2, 0) is 9.53 Å². The van der Waals surface area contributed by atoms with Crippen molar-refractivity contribution in [1.82, 2.24) is 9.80 Å². The van der Waals surface area contributed by atoms with E-state index in [0.29, 0.717) is 18.7 Å². The Bertz CT molecular complexity index is 996. The van der Waals surface area contributed by atoms with Gasteiger partial charge in [-0.25, -0.2) is 4.79 Å². The highest BCUT2D eigenvalue weighted by atomic mass is 16.5. The Kier molecular flexibility index (Phi) is 4.88. The predicted molar refractivity (Wildman–Crippen MR) is 103 cm³/mol. The molecule has 4 rings (SSSR count). The van der Waals surface area contributed by atoms with E-state index in [1.165, 1.54) is 25.2 Å². The van der Waals surface area contributed by atoms with Gasteiger partial charge in [0.25, 0.3) is 17.7 Å². The first-order valence-corrected chi connectivity index (χ1v) is 9.48. The van der Waals surface area contributed by atoms with E-state index in [1.54, 1.807) is 29.2 Å². The molecular weight excluding hydrogens is 372 g/mol. The Morgan fingerprint density at radius 2 is 1.59 bits per heavy atom. The molecule has 29 heavy (non-hydrogen) atoms. The summed E-state index contributed by atoms with van der Waals surface area (Å²) in [5, 5.41) is 0. The van der Waals surface area contributed by atoms with Crippen LogP contribution in [0.15, 0.2) is 48.5 Å². The molecule has 2 aliphatic heterocycles. The fourth-order valence-electron chi connectivity index (χ4n) is 3.66. The molecule has 1 atom stereocenters. The van der Waals surface area contributed by atoms with E-state index in [4.69, 9.17) is 4.74 Å². The molecule has 2 heterocycles. The molecule has 0 aromatic heterocycles. The zero-order chi connectivity index (χ0) is 20.5. The van der Waals surface area contributed by atoms with Gasteiger partial charge in [0.15, 0.2) is 0 Å². The Labute approximate surface area is 167 Å². The molecule has 2 aliphatic rings. The van der Waals surface area contributed by atoms with Crippen molar-refractivity contribution in [2.24, 2.45) is 0 Å². The zero-order valence-corrected chi connectivity index (χ0v) is 16.0. The van der Waals surface area contributed by atoms with Gasteiger partial charge in [-0.05, 0) is 31.0 Å². The molecule has 0 aliphatic carbocycles. The minimum atomic E-state index is -1.06. The SMILES string of the molecule is CN1C(=O)c2ccc(C(=O)O[C@H](C(=O)N3CCCC3)c3ccccc3)cc2C1=O. The van der Waals surface area contributed by atoms with E-state index in [2.05, 4.69) is 0 Å². The normalized spacial score (nSPS) is 16.7. The van der Waals surface area contributed by atoms with E-state index in [0.717, 1.165) is 17.7 Å². The molecule has 3 amide bonds. The summed E-state index contributed by atoms with van der Waals surface area (Å²) in [4.78, 5) is 52.7. The van der Waals surface area contributed by atoms with Crippen molar-refractivity contribution < 1.29 is 23.9 Å². The van der Waals surface area contributed by atoms with Gasteiger partial charge in [0, 0.05) is 25.7 Å². The lowest BCUT2D eigenvalue weighted by Crippen LogP contribution is -2.34. The molecule has 1 saturated heterocycles. The third-order valence-corrected chi connectivity index (χ3v) is 5.29. The van der Waals surface area contributed by atoms with Gasteiger partial charge >= 0.3 is 5.97 Å². The standard InChI is InChI=1S/C22H20N2O5/c1-23-19(25)16-10-9-15(13-17(16)20(23)26)22(28)29-18(14-7-3-2-4-8-14)21(27)24-11-5-6-12-24/h2-4,7-10,13,18H,5-6,11-12H2,1H3/t18-/m0/s1. The van der Waals surface area contributed by atoms with Gasteiger partial charge in [0.05, 0.1) is 16.7 Å². The molecule has 148 valence electrons. The van der Waals surface area contributed by atoms with Crippen molar-refractivity contribution in [3.05, 3.63) is 70.8 Å². The summed E-state index contributed by atoms with van der Waals surface area (Å²) < 4.78 is 5.61. The summed E-state index contributed by atoms with van der Waals surface area (Å²) in [6.07, 6.45) is 0.792. The van der Waals surface area contributed by atoms with Gasteiger partial charge in [-0.2, -0.15) is 0 Å². The maximum absolute atomic E-state index is 13.0. The molecule has 0 radical (unpaired) electrons. The lowest BCUT2D eigenvalue weighted by atomic mass is 10.1. The highest BCUT2D eigenvalue weighted by Gasteiger charge is 2.35. The number of fused-ring (bicyclic) bond motifs is 1. The predicted octanol–water partition coefficient (Wildman–Crippen LogP) is 2.43. The molecular formula is C22H20N2O5. The number of carbonyl (C=O) groups is 4. The third-order valence-electron chi connectivity index (χ3n) is 5.29. The number of ether oxygens (including phenoxy) is 1. The molecule has 0 spiro atoms. The maximum atomic E-state index is 13.0. The van der Waals surface area contributed by atoms with Gasteiger partial charge in [-0.1, -0.05) is 30.3 Å². The highest BCUT2D eigenvalue weighted by Crippen LogP contribution is 2.26. The second-order valence-corrected chi connectivity index (χ2v) is 7.16. The zero-order valence-electron chi connectivity index (χ0n) is 16.0. The second-order valence-electron chi connectivity index (χ2n) is 7.16. The Hall–Kier alpha value is -3.48. The first-order chi connectivity index (χ1) is 14.0. The molecule has 1 fully saturated rings. The van der Waals surface area contributed by atoms with Crippen LogP contribution in [0, 0.1) is 0 Å². The number of likely N-dealkylation sites (tertiary alicyclic amines) is 1. The molecule has 0 bridgehead atoms. The quantitative estimate of drug-likeness (QED) is 0.589. The maximum Gasteiger partial charge on any atom is 0.339 e. The number of hydrogen-bond acceptors (Lipinski definition) is 5. The Morgan fingerprint density at radius 3 is 2.28 bits per heavy atom. The average molecular weight is 392 g/mol. The number of hydrogen-bond donors (Lipinski definition) is 0. The summed E-state index contributed by atoms with van der Waals surface area (Å²) in [5.41, 5.74) is 1.12. The van der Waals surface area contributed by atoms with E-state index in [1.807, 2.05) is 6.07 Å². The van der Waals surface area contributed by atoms with E-state index >= 15 is 0 Å². The number of rotatable bonds is 4. The van der Waals surface area contributed by atoms with Crippen molar-refractivity contribution in [2.45, 2.75) is 18.9 Å². The van der Waals surface area contributed by atoms with Crippen molar-refractivity contribution >= 4 is 23.7 Å². The van der Waals surface area contributed by atoms with Crippen LogP contribution in [0.5, 0.6) is 0 Å². The van der Waals surface area contributed by atoms with Crippen LogP contribution in [0.4, 0.5) is 0 Å². The van der Waals surface area contributed by atoms with E-state index < -0.39 is 23.9 Å². The lowest BCUT2D eigenvalue weighted by molar-refractivity contribution is -0.140. The van der Waals surface area contributed by atoms with Gasteiger partial charge in [0.1, 0.15) is 0 Å². The van der Waals surface area contributed by atoms with Gasteiger partial charge < -0.3 is 9.64 Å². The lowest BCUT2D eigenvalue weighted by Gasteiger charge is -2.23. The summed E-state index contributed by atoms with van der Waals surface area (Å²) in [5.74, 6) is -1.85. The average Bonchev–Trinajstić information content (AvgIpc) is 3.36. The minimum absolute atomic E-state index is 0.121. The smallest absolute Gasteiger partial charge is 0.339 e. The number of nitrogens with zero attached hydrogens (tertiary/aromatic N) is 2. The number of benzene rings is 2. The van der Waals surface area contributed by atoms with Gasteiger partial charge in [-0.15, -0.1) is 0 Å². The largest absolute Gasteiger partial charge is 0.444 e. The third kappa shape index (κ3) is 3.40. The van der Waals surface area contributed by atoms with Crippen molar-refractivity contribution in [2.75, 3.05) is 20.1 Å². The topological polar surface area (TPSA) is 84.0 Å². The summed E-state index contributed by atoms with van der Waals surface area (Å²) >= 11 is 0. The minimum Gasteiger partial charge on any atom is -0.444 e. The highest BCUT2D eigenvalue weighted by molar-refractivity contribution is 6.21. The van der Waals surface area contributed by atoms with Crippen molar-refractivity contribution in [1.29, 1.82) is 0 Å². The second kappa shape index (κ2) is 7.50. The van der Waals surface area contributed by atoms with Crippen LogP contribution < -0.4 is 0 Å². The molecule has 0 N–H and O–H groups in total. The van der Waals surface area contributed by atoms with E-state index in [9.17, 15) is 19.2 Å². The first-order valence-electron chi connectivity index (χ1n) is 9.48. The summed E-state index contributed by atoms with van der Waals surface area (Å²) in [6, 6.07) is 13.1. The van der Waals surface area contributed by atoms with Crippen LogP contribution in [0.25, 0.3) is 0 Å². The Morgan fingerprint density at radius 1 is 0.931 bits per heavy atom. The summed E-state index contributed by atoms with van der Waals surface area (Å²) in [6.45, 7) is 1.28. The molecule has 0 unspecified atom stereocenters. The number of esters is 1. The van der Waals surface area contributed by atoms with Crippen LogP contribution in [0.2, 0.25) is 0 Å². The Balaban J connectivity index is 1.61. The summed E-state index contributed by atoms with van der Waals surface area (Å²) in [7, 11) is 1.39. The van der Waals surface area contributed by atoms with Crippen LogP contribution in [0.1, 0.15) is 55.6 Å². The molecule has 7 nitrogen and oxygen atoms in total. The number of amides is 3. The van der Waals surface area contributed by atoms with Crippen LogP contribution >= 0.6 is 0 Å². The number of imide groups is 1. The fraction of sp³-hybridized carbons (Fsp3) is 0.273. The van der Waals surface area contributed by atoms with Crippen LogP contribution in [-0.4, -0.2) is 53.6 Å². The van der Waals surface area contributed by atoms with Crippen molar-refractivity contribution in [3.8, 4) is 0 Å². The van der Waals surface area contributed by atoms with Gasteiger partial charge in [0.2, 0.25) is 6.10 Å². The number of carbonyl (C=O) groups excluding carboxylic acids is 4. The first kappa shape index (κ1) is 18.9. The molecule has 2 aromatic carbocycles. The van der Waals surface area contributed by atoms with Gasteiger partial charge in [-0.3, -0.25) is 19.3 Å².